The van der Waals surface area contributed by atoms with Crippen molar-refractivity contribution in [1.29, 1.82) is 0 Å². The van der Waals surface area contributed by atoms with Crippen LogP contribution in [0.4, 0.5) is 24.8 Å². The number of amides is 2. The molecule has 1 aromatic heterocycles. The zero-order chi connectivity index (χ0) is 25.7. The SMILES string of the molecule is CN(C)c1ccc(-c2cccc3c2nc2n3C(NC(=O)CCC3CCCC3)(C(F)(F)F)C(=O)N2)cc1. The van der Waals surface area contributed by atoms with Gasteiger partial charge in [0.25, 0.3) is 11.6 Å². The predicted molar refractivity (Wildman–Crippen MR) is 131 cm³/mol. The summed E-state index contributed by atoms with van der Waals surface area (Å²) in [5, 5.41) is 4.32. The Labute approximate surface area is 206 Å². The molecular weight excluding hydrogens is 471 g/mol. The topological polar surface area (TPSA) is 79.3 Å². The van der Waals surface area contributed by atoms with Crippen LogP contribution < -0.4 is 15.5 Å². The monoisotopic (exact) mass is 499 g/mol. The molecule has 2 aliphatic rings. The van der Waals surface area contributed by atoms with E-state index in [0.717, 1.165) is 41.5 Å². The molecule has 1 atom stereocenters. The predicted octanol–water partition coefficient (Wildman–Crippen LogP) is 5.02. The molecule has 1 saturated carbocycles. The highest BCUT2D eigenvalue weighted by Crippen LogP contribution is 2.45. The van der Waals surface area contributed by atoms with E-state index >= 15 is 0 Å². The first-order valence-corrected chi connectivity index (χ1v) is 12.1. The number of rotatable bonds is 6. The number of fused-ring (bicyclic) bond motifs is 3. The Morgan fingerprint density at radius 1 is 1.17 bits per heavy atom. The van der Waals surface area contributed by atoms with Crippen LogP contribution >= 0.6 is 0 Å². The highest BCUT2D eigenvalue weighted by atomic mass is 19.4. The average molecular weight is 500 g/mol. The fraction of sp³-hybridized carbons (Fsp3) is 0.423. The smallest absolute Gasteiger partial charge is 0.378 e. The van der Waals surface area contributed by atoms with Crippen molar-refractivity contribution in [3.8, 4) is 11.1 Å². The van der Waals surface area contributed by atoms with Crippen molar-refractivity contribution in [2.24, 2.45) is 5.92 Å². The molecule has 2 amide bonds. The number of anilines is 2. The van der Waals surface area contributed by atoms with Crippen molar-refractivity contribution in [2.45, 2.75) is 50.4 Å². The van der Waals surface area contributed by atoms with Gasteiger partial charge in [0.1, 0.15) is 0 Å². The Bertz CT molecular complexity index is 1310. The van der Waals surface area contributed by atoms with Gasteiger partial charge in [0.15, 0.2) is 0 Å². The van der Waals surface area contributed by atoms with Gasteiger partial charge in [-0.25, -0.2) is 4.98 Å². The lowest BCUT2D eigenvalue weighted by Crippen LogP contribution is -2.63. The Hall–Kier alpha value is -3.56. The quantitative estimate of drug-likeness (QED) is 0.499. The van der Waals surface area contributed by atoms with Crippen LogP contribution in [0.5, 0.6) is 0 Å². The summed E-state index contributed by atoms with van der Waals surface area (Å²) in [7, 11) is 3.83. The largest absolute Gasteiger partial charge is 0.440 e. The molecule has 0 bridgehead atoms. The summed E-state index contributed by atoms with van der Waals surface area (Å²) in [6.45, 7) is 0. The van der Waals surface area contributed by atoms with Gasteiger partial charge in [-0.2, -0.15) is 13.2 Å². The normalized spacial score (nSPS) is 20.0. The minimum Gasteiger partial charge on any atom is -0.378 e. The van der Waals surface area contributed by atoms with E-state index < -0.39 is 23.7 Å². The molecule has 2 N–H and O–H groups in total. The summed E-state index contributed by atoms with van der Waals surface area (Å²) < 4.78 is 44.8. The molecule has 7 nitrogen and oxygen atoms in total. The number of nitrogens with one attached hydrogen (secondary N) is 2. The lowest BCUT2D eigenvalue weighted by molar-refractivity contribution is -0.217. The van der Waals surface area contributed by atoms with Gasteiger partial charge in [-0.15, -0.1) is 0 Å². The number of benzene rings is 2. The van der Waals surface area contributed by atoms with Crippen molar-refractivity contribution in [1.82, 2.24) is 14.9 Å². The van der Waals surface area contributed by atoms with Crippen LogP contribution in [0.25, 0.3) is 22.2 Å². The summed E-state index contributed by atoms with van der Waals surface area (Å²) in [5.41, 5.74) is -0.492. The van der Waals surface area contributed by atoms with E-state index in [-0.39, 0.29) is 17.9 Å². The Kier molecular flexibility index (Phi) is 5.92. The first-order chi connectivity index (χ1) is 17.1. The second-order valence-electron chi connectivity index (χ2n) is 9.79. The standard InChI is InChI=1S/C26H28F3N5O2/c1-33(2)18-13-11-17(12-14-18)19-8-5-9-20-22(19)30-24-31-23(36)25(34(20)24,26(27,28)29)32-21(35)15-10-16-6-3-4-7-16/h5,8-9,11-14,16H,3-4,6-7,10,15H2,1-2H3,(H,32,35)(H,30,31,36). The van der Waals surface area contributed by atoms with Crippen LogP contribution in [-0.4, -0.2) is 41.6 Å². The highest BCUT2D eigenvalue weighted by molar-refractivity contribution is 6.06. The number of hydrogen-bond donors (Lipinski definition) is 2. The van der Waals surface area contributed by atoms with E-state index in [4.69, 9.17) is 0 Å². The van der Waals surface area contributed by atoms with Gasteiger partial charge >= 0.3 is 6.18 Å². The van der Waals surface area contributed by atoms with Gasteiger partial charge in [0, 0.05) is 31.8 Å². The number of imidazole rings is 1. The van der Waals surface area contributed by atoms with Crippen LogP contribution in [0.2, 0.25) is 0 Å². The molecule has 1 unspecified atom stereocenters. The lowest BCUT2D eigenvalue weighted by Gasteiger charge is -2.32. The highest BCUT2D eigenvalue weighted by Gasteiger charge is 2.67. The maximum Gasteiger partial charge on any atom is 0.440 e. The van der Waals surface area contributed by atoms with Crippen LogP contribution in [-0.2, 0) is 15.3 Å². The fourth-order valence-electron chi connectivity index (χ4n) is 5.33. The lowest BCUT2D eigenvalue weighted by atomic mass is 10.0. The van der Waals surface area contributed by atoms with Gasteiger partial charge in [-0.3, -0.25) is 19.5 Å². The van der Waals surface area contributed by atoms with E-state index in [1.54, 1.807) is 12.1 Å². The summed E-state index contributed by atoms with van der Waals surface area (Å²) in [4.78, 5) is 31.9. The molecule has 1 fully saturated rings. The third kappa shape index (κ3) is 3.88. The number of para-hydroxylation sites is 1. The minimum atomic E-state index is -5.09. The first kappa shape index (κ1) is 24.1. The molecule has 190 valence electrons. The van der Waals surface area contributed by atoms with E-state index in [2.05, 4.69) is 15.6 Å². The van der Waals surface area contributed by atoms with Gasteiger partial charge in [-0.05, 0) is 36.1 Å². The number of nitrogens with zero attached hydrogens (tertiary/aromatic N) is 3. The number of carbonyl (C=O) groups is 2. The summed E-state index contributed by atoms with van der Waals surface area (Å²) >= 11 is 0. The molecular formula is C26H28F3N5O2. The Morgan fingerprint density at radius 3 is 2.50 bits per heavy atom. The molecule has 0 radical (unpaired) electrons. The van der Waals surface area contributed by atoms with Gasteiger partial charge in [0.05, 0.1) is 11.0 Å². The fourth-order valence-corrected chi connectivity index (χ4v) is 5.33. The molecule has 0 spiro atoms. The molecule has 1 aliphatic carbocycles. The van der Waals surface area contributed by atoms with E-state index in [1.165, 1.54) is 6.07 Å². The van der Waals surface area contributed by atoms with Gasteiger partial charge in [-0.1, -0.05) is 49.9 Å². The average Bonchev–Trinajstić information content (AvgIpc) is 3.53. The van der Waals surface area contributed by atoms with Crippen LogP contribution in [0.3, 0.4) is 0 Å². The molecule has 36 heavy (non-hydrogen) atoms. The van der Waals surface area contributed by atoms with Crippen molar-refractivity contribution in [3.05, 3.63) is 42.5 Å². The first-order valence-electron chi connectivity index (χ1n) is 12.1. The zero-order valence-electron chi connectivity index (χ0n) is 20.2. The number of halogens is 3. The van der Waals surface area contributed by atoms with Gasteiger partial charge < -0.3 is 10.2 Å². The molecule has 5 rings (SSSR count). The molecule has 10 heteroatoms. The Balaban J connectivity index is 1.56. The van der Waals surface area contributed by atoms with Crippen LogP contribution in [0.1, 0.15) is 38.5 Å². The van der Waals surface area contributed by atoms with Crippen molar-refractivity contribution in [2.75, 3.05) is 24.3 Å². The number of alkyl halides is 3. The second kappa shape index (κ2) is 8.83. The second-order valence-corrected chi connectivity index (χ2v) is 9.79. The number of hydrogen-bond acceptors (Lipinski definition) is 4. The van der Waals surface area contributed by atoms with E-state index in [9.17, 15) is 22.8 Å². The van der Waals surface area contributed by atoms with Crippen LogP contribution in [0.15, 0.2) is 42.5 Å². The Morgan fingerprint density at radius 2 is 1.86 bits per heavy atom. The molecule has 2 aromatic carbocycles. The minimum absolute atomic E-state index is 0.0682. The maximum absolute atomic E-state index is 14.7. The van der Waals surface area contributed by atoms with Crippen molar-refractivity contribution < 1.29 is 22.8 Å². The third-order valence-corrected chi connectivity index (χ3v) is 7.25. The summed E-state index contributed by atoms with van der Waals surface area (Å²) in [6, 6.07) is 12.4. The summed E-state index contributed by atoms with van der Waals surface area (Å²) in [6.07, 6.45) is -0.549. The van der Waals surface area contributed by atoms with E-state index in [1.807, 2.05) is 43.3 Å². The van der Waals surface area contributed by atoms with Crippen LogP contribution in [0, 0.1) is 5.92 Å². The van der Waals surface area contributed by atoms with Gasteiger partial charge in [0.2, 0.25) is 11.9 Å². The molecule has 2 heterocycles. The summed E-state index contributed by atoms with van der Waals surface area (Å²) in [5.74, 6) is -2.09. The number of aromatic nitrogens is 2. The number of carbonyl (C=O) groups excluding carboxylic acids is 2. The van der Waals surface area contributed by atoms with E-state index in [0.29, 0.717) is 23.4 Å². The third-order valence-electron chi connectivity index (χ3n) is 7.25. The molecule has 0 saturated heterocycles. The zero-order valence-corrected chi connectivity index (χ0v) is 20.2. The molecule has 1 aliphatic heterocycles. The van der Waals surface area contributed by atoms with Crippen molar-refractivity contribution >= 4 is 34.5 Å². The maximum atomic E-state index is 14.7. The molecule has 3 aromatic rings. The van der Waals surface area contributed by atoms with Crippen molar-refractivity contribution in [3.63, 3.8) is 0 Å².